The van der Waals surface area contributed by atoms with E-state index in [1.54, 1.807) is 0 Å². The second-order valence-corrected chi connectivity index (χ2v) is 7.59. The molecule has 0 saturated heterocycles. The predicted molar refractivity (Wildman–Crippen MR) is 126 cm³/mol. The van der Waals surface area contributed by atoms with Gasteiger partial charge in [0.2, 0.25) is 0 Å². The Balaban J connectivity index is 0.000000207. The number of unbranched alkanes of at least 4 members (excludes halogenated alkanes) is 6. The number of benzene rings is 3. The molecule has 0 saturated carbocycles. The molecular formula is C28H36O. The molecule has 3 aromatic rings. The molecule has 0 aliphatic heterocycles. The van der Waals surface area contributed by atoms with Crippen molar-refractivity contribution in [2.75, 3.05) is 0 Å². The van der Waals surface area contributed by atoms with Gasteiger partial charge in [-0.3, -0.25) is 0 Å². The molecule has 0 unspecified atom stereocenters. The highest BCUT2D eigenvalue weighted by Crippen LogP contribution is 2.21. The van der Waals surface area contributed by atoms with E-state index in [-0.39, 0.29) is 0 Å². The van der Waals surface area contributed by atoms with Gasteiger partial charge in [-0.15, -0.1) is 0 Å². The van der Waals surface area contributed by atoms with E-state index in [2.05, 4.69) is 50.2 Å². The average Bonchev–Trinajstić information content (AvgIpc) is 2.75. The lowest BCUT2D eigenvalue weighted by molar-refractivity contribution is 0.482. The Kier molecular flexibility index (Phi) is 11.3. The number of hydrogen-bond donors (Lipinski definition) is 0. The molecule has 0 aromatic heterocycles. The number of rotatable bonds is 10. The van der Waals surface area contributed by atoms with Gasteiger partial charge in [-0.05, 0) is 55.2 Å². The van der Waals surface area contributed by atoms with Crippen LogP contribution in [0.3, 0.4) is 0 Å². The van der Waals surface area contributed by atoms with Crippen LogP contribution in [0.2, 0.25) is 0 Å². The van der Waals surface area contributed by atoms with Gasteiger partial charge >= 0.3 is 0 Å². The minimum Gasteiger partial charge on any atom is -0.457 e. The molecule has 0 spiro atoms. The zero-order valence-corrected chi connectivity index (χ0v) is 18.1. The number of hydrogen-bond acceptors (Lipinski definition) is 1. The second-order valence-electron chi connectivity index (χ2n) is 7.59. The van der Waals surface area contributed by atoms with Crippen LogP contribution >= 0.6 is 0 Å². The first-order valence-electron chi connectivity index (χ1n) is 11.1. The summed E-state index contributed by atoms with van der Waals surface area (Å²) in [4.78, 5) is 0. The monoisotopic (exact) mass is 388 g/mol. The van der Waals surface area contributed by atoms with Crippen molar-refractivity contribution in [3.63, 3.8) is 0 Å². The quantitative estimate of drug-likeness (QED) is 0.315. The van der Waals surface area contributed by atoms with Crippen molar-refractivity contribution >= 4 is 0 Å². The fraction of sp³-hybridized carbons (Fsp3) is 0.357. The summed E-state index contributed by atoms with van der Waals surface area (Å²) in [6.45, 7) is 4.33. The molecule has 0 radical (unpaired) electrons. The van der Waals surface area contributed by atoms with Crippen molar-refractivity contribution in [3.05, 3.63) is 96.1 Å². The highest BCUT2D eigenvalue weighted by molar-refractivity contribution is 5.33. The van der Waals surface area contributed by atoms with Crippen molar-refractivity contribution < 1.29 is 4.74 Å². The van der Waals surface area contributed by atoms with E-state index in [1.807, 2.05) is 48.5 Å². The smallest absolute Gasteiger partial charge is 0.127 e. The maximum atomic E-state index is 5.66. The van der Waals surface area contributed by atoms with Gasteiger partial charge < -0.3 is 4.74 Å². The van der Waals surface area contributed by atoms with Crippen molar-refractivity contribution in [1.82, 2.24) is 0 Å². The van der Waals surface area contributed by atoms with E-state index < -0.39 is 0 Å². The van der Waals surface area contributed by atoms with E-state index in [0.29, 0.717) is 0 Å². The largest absolute Gasteiger partial charge is 0.457 e. The molecule has 154 valence electrons. The first-order chi connectivity index (χ1) is 14.3. The molecule has 0 aliphatic rings. The summed E-state index contributed by atoms with van der Waals surface area (Å²) in [6.07, 6.45) is 11.1. The Morgan fingerprint density at radius 3 is 1.83 bits per heavy atom. The lowest BCUT2D eigenvalue weighted by atomic mass is 10.0. The topological polar surface area (TPSA) is 9.23 Å². The minimum atomic E-state index is 0.873. The van der Waals surface area contributed by atoms with Crippen LogP contribution in [-0.4, -0.2) is 0 Å². The first-order valence-corrected chi connectivity index (χ1v) is 11.1. The Labute approximate surface area is 177 Å². The molecule has 3 aromatic carbocycles. The average molecular weight is 389 g/mol. The maximum Gasteiger partial charge on any atom is 0.127 e. The lowest BCUT2D eigenvalue weighted by Gasteiger charge is -2.05. The summed E-state index contributed by atoms with van der Waals surface area (Å²) < 4.78 is 5.66. The predicted octanol–water partition coefficient (Wildman–Crippen LogP) is 8.77. The summed E-state index contributed by atoms with van der Waals surface area (Å²) >= 11 is 0. The Bertz CT molecular complexity index is 765. The summed E-state index contributed by atoms with van der Waals surface area (Å²) in [5, 5.41) is 0. The van der Waals surface area contributed by atoms with Gasteiger partial charge in [0, 0.05) is 0 Å². The summed E-state index contributed by atoms with van der Waals surface area (Å²) in [7, 11) is 0. The van der Waals surface area contributed by atoms with Crippen LogP contribution in [0, 0.1) is 6.92 Å². The summed E-state index contributed by atoms with van der Waals surface area (Å²) in [6, 6.07) is 28.7. The zero-order valence-electron chi connectivity index (χ0n) is 18.1. The van der Waals surface area contributed by atoms with E-state index in [1.165, 1.54) is 62.5 Å². The fourth-order valence-corrected chi connectivity index (χ4v) is 3.23. The fourth-order valence-electron chi connectivity index (χ4n) is 3.23. The SMILES string of the molecule is CCCCCCCCCc1ccccc1.Cc1cccc(Oc2ccccc2)c1. The van der Waals surface area contributed by atoms with Crippen molar-refractivity contribution in [2.24, 2.45) is 0 Å². The van der Waals surface area contributed by atoms with Crippen LogP contribution in [0.4, 0.5) is 0 Å². The Hall–Kier alpha value is -2.54. The molecule has 0 bridgehead atoms. The van der Waals surface area contributed by atoms with Gasteiger partial charge in [-0.25, -0.2) is 0 Å². The second kappa shape index (κ2) is 14.5. The standard InChI is InChI=1S/C15H24.C13H12O/c1-2-3-4-5-6-7-9-12-15-13-10-8-11-14-15;1-11-6-5-9-13(10-11)14-12-7-3-2-4-8-12/h8,10-11,13-14H,2-7,9,12H2,1H3;2-10H,1H3. The van der Waals surface area contributed by atoms with Gasteiger partial charge in [0.15, 0.2) is 0 Å². The molecule has 29 heavy (non-hydrogen) atoms. The van der Waals surface area contributed by atoms with Gasteiger partial charge in [-0.2, -0.15) is 0 Å². The molecule has 0 atom stereocenters. The molecule has 0 aliphatic carbocycles. The summed E-state index contributed by atoms with van der Waals surface area (Å²) in [5.41, 5.74) is 2.70. The third-order valence-electron chi connectivity index (χ3n) is 4.88. The molecule has 1 heteroatoms. The third kappa shape index (κ3) is 10.5. The van der Waals surface area contributed by atoms with Crippen LogP contribution in [-0.2, 0) is 6.42 Å². The third-order valence-corrected chi connectivity index (χ3v) is 4.88. The van der Waals surface area contributed by atoms with Crippen LogP contribution in [0.25, 0.3) is 0 Å². The van der Waals surface area contributed by atoms with Crippen LogP contribution < -0.4 is 4.74 Å². The van der Waals surface area contributed by atoms with Crippen LogP contribution in [0.5, 0.6) is 11.5 Å². The Morgan fingerprint density at radius 1 is 0.586 bits per heavy atom. The first kappa shape index (κ1) is 22.7. The molecular weight excluding hydrogens is 352 g/mol. The van der Waals surface area contributed by atoms with Gasteiger partial charge in [0.1, 0.15) is 11.5 Å². The molecule has 0 fully saturated rings. The molecule has 0 amide bonds. The van der Waals surface area contributed by atoms with E-state index in [9.17, 15) is 0 Å². The van der Waals surface area contributed by atoms with Crippen LogP contribution in [0.1, 0.15) is 63.0 Å². The summed E-state index contributed by atoms with van der Waals surface area (Å²) in [5.74, 6) is 1.76. The molecule has 1 nitrogen and oxygen atoms in total. The maximum absolute atomic E-state index is 5.66. The van der Waals surface area contributed by atoms with Crippen molar-refractivity contribution in [3.8, 4) is 11.5 Å². The van der Waals surface area contributed by atoms with Crippen molar-refractivity contribution in [1.29, 1.82) is 0 Å². The highest BCUT2D eigenvalue weighted by atomic mass is 16.5. The Morgan fingerprint density at radius 2 is 1.17 bits per heavy atom. The van der Waals surface area contributed by atoms with Crippen molar-refractivity contribution in [2.45, 2.75) is 65.2 Å². The highest BCUT2D eigenvalue weighted by Gasteiger charge is 1.95. The molecule has 3 rings (SSSR count). The van der Waals surface area contributed by atoms with E-state index in [4.69, 9.17) is 4.74 Å². The van der Waals surface area contributed by atoms with E-state index >= 15 is 0 Å². The number of ether oxygens (including phenoxy) is 1. The normalized spacial score (nSPS) is 10.1. The lowest BCUT2D eigenvalue weighted by Crippen LogP contribution is -1.85. The number of aryl methyl sites for hydroxylation is 2. The van der Waals surface area contributed by atoms with Gasteiger partial charge in [0.05, 0.1) is 0 Å². The van der Waals surface area contributed by atoms with E-state index in [0.717, 1.165) is 11.5 Å². The van der Waals surface area contributed by atoms with Gasteiger partial charge in [0.25, 0.3) is 0 Å². The molecule has 0 N–H and O–H groups in total. The van der Waals surface area contributed by atoms with Gasteiger partial charge in [-0.1, -0.05) is 106 Å². The zero-order chi connectivity index (χ0) is 20.6. The van der Waals surface area contributed by atoms with Crippen LogP contribution in [0.15, 0.2) is 84.9 Å². The molecule has 0 heterocycles. The number of para-hydroxylation sites is 1. The minimum absolute atomic E-state index is 0.873.